The summed E-state index contributed by atoms with van der Waals surface area (Å²) in [6, 6.07) is 17.9. The number of imidazole rings is 1. The van der Waals surface area contributed by atoms with Gasteiger partial charge in [-0.2, -0.15) is 0 Å². The summed E-state index contributed by atoms with van der Waals surface area (Å²) < 4.78 is 10.2. The maximum atomic E-state index is 13.8. The van der Waals surface area contributed by atoms with Crippen LogP contribution in [-0.4, -0.2) is 61.1 Å². The average molecular weight is 632 g/mol. The monoisotopic (exact) mass is 631 g/mol. The highest BCUT2D eigenvalue weighted by molar-refractivity contribution is 6.01. The lowest BCUT2D eigenvalue weighted by molar-refractivity contribution is 0.0726. The number of carbonyl (C=O) groups is 2. The van der Waals surface area contributed by atoms with E-state index in [1.54, 1.807) is 7.11 Å². The van der Waals surface area contributed by atoms with Gasteiger partial charge in [-0.1, -0.05) is 24.6 Å². The lowest BCUT2D eigenvalue weighted by atomic mass is 9.97. The maximum absolute atomic E-state index is 13.8. The molecule has 3 N–H and O–H groups in total. The summed E-state index contributed by atoms with van der Waals surface area (Å²) in [4.78, 5) is 39.4. The molecule has 2 fully saturated rings. The first kappa shape index (κ1) is 29.7. The van der Waals surface area contributed by atoms with Crippen LogP contribution >= 0.6 is 0 Å². The molecule has 5 aromatic rings. The molecule has 3 aromatic heterocycles. The Morgan fingerprint density at radius 1 is 1.04 bits per heavy atom. The number of nitrogens with one attached hydrogen (secondary N) is 1. The van der Waals surface area contributed by atoms with Crippen molar-refractivity contribution in [3.8, 4) is 17.3 Å². The molecule has 2 saturated heterocycles. The summed E-state index contributed by atoms with van der Waals surface area (Å²) in [6.45, 7) is 2.76. The fourth-order valence-corrected chi connectivity index (χ4v) is 8.18. The van der Waals surface area contributed by atoms with Crippen LogP contribution in [-0.2, 0) is 20.0 Å². The molecule has 0 saturated carbocycles. The Balaban J connectivity index is 1.20. The van der Waals surface area contributed by atoms with E-state index >= 15 is 0 Å². The normalized spacial score (nSPS) is 22.9. The van der Waals surface area contributed by atoms with Crippen molar-refractivity contribution in [1.29, 1.82) is 0 Å². The van der Waals surface area contributed by atoms with E-state index in [0.29, 0.717) is 16.8 Å². The lowest BCUT2D eigenvalue weighted by Gasteiger charge is -2.23. The fourth-order valence-electron chi connectivity index (χ4n) is 8.18. The highest BCUT2D eigenvalue weighted by Crippen LogP contribution is 2.40. The second-order valence-electron chi connectivity index (χ2n) is 13.4. The number of ether oxygens (including phenoxy) is 1. The maximum Gasteiger partial charge on any atom is 0.254 e. The lowest BCUT2D eigenvalue weighted by Crippen LogP contribution is -2.40. The van der Waals surface area contributed by atoms with E-state index in [-0.39, 0.29) is 36.0 Å². The number of fused-ring (bicyclic) bond motifs is 5. The summed E-state index contributed by atoms with van der Waals surface area (Å²) in [5.41, 5.74) is 12.9. The minimum Gasteiger partial charge on any atom is -0.494 e. The van der Waals surface area contributed by atoms with Crippen LogP contribution in [0.4, 0.5) is 0 Å². The second kappa shape index (κ2) is 11.5. The van der Waals surface area contributed by atoms with Gasteiger partial charge in [0.2, 0.25) is 0 Å². The Hall–Kier alpha value is -4.70. The van der Waals surface area contributed by atoms with Gasteiger partial charge in [0.05, 0.1) is 30.1 Å². The molecule has 0 aliphatic carbocycles. The molecule has 4 atom stereocenters. The Morgan fingerprint density at radius 3 is 2.68 bits per heavy atom. The van der Waals surface area contributed by atoms with Crippen molar-refractivity contribution in [3.05, 3.63) is 77.0 Å². The summed E-state index contributed by atoms with van der Waals surface area (Å²) in [7, 11) is 3.64. The van der Waals surface area contributed by atoms with Gasteiger partial charge in [0.25, 0.3) is 11.8 Å². The first-order valence-electron chi connectivity index (χ1n) is 16.8. The highest BCUT2D eigenvalue weighted by Gasteiger charge is 2.47. The third-order valence-corrected chi connectivity index (χ3v) is 10.6. The van der Waals surface area contributed by atoms with Crippen LogP contribution in [0.1, 0.15) is 83.5 Å². The van der Waals surface area contributed by atoms with Gasteiger partial charge in [-0.3, -0.25) is 9.59 Å². The molecule has 2 amide bonds. The summed E-state index contributed by atoms with van der Waals surface area (Å²) in [5, 5.41) is 4.19. The zero-order chi connectivity index (χ0) is 32.4. The molecule has 8 rings (SSSR count). The quantitative estimate of drug-likeness (QED) is 0.271. The van der Waals surface area contributed by atoms with Gasteiger partial charge in [0.1, 0.15) is 16.9 Å². The third kappa shape index (κ3) is 4.88. The van der Waals surface area contributed by atoms with E-state index in [9.17, 15) is 9.59 Å². The van der Waals surface area contributed by atoms with Crippen molar-refractivity contribution in [2.75, 3.05) is 7.11 Å². The number of aryl methyl sites for hydroxylation is 3. The summed E-state index contributed by atoms with van der Waals surface area (Å²) in [5.74, 6) is 1.32. The van der Waals surface area contributed by atoms with Crippen LogP contribution in [0.5, 0.6) is 5.75 Å². The number of methoxy groups -OCH3 is 1. The summed E-state index contributed by atoms with van der Waals surface area (Å²) >= 11 is 0. The second-order valence-corrected chi connectivity index (χ2v) is 13.4. The van der Waals surface area contributed by atoms with E-state index in [0.717, 1.165) is 96.4 Å². The van der Waals surface area contributed by atoms with E-state index in [4.69, 9.17) is 20.4 Å². The molecular weight excluding hydrogens is 590 g/mol. The Labute approximate surface area is 273 Å². The van der Waals surface area contributed by atoms with Crippen molar-refractivity contribution in [2.45, 2.75) is 82.6 Å². The van der Waals surface area contributed by atoms with Gasteiger partial charge in [0.15, 0.2) is 5.82 Å². The van der Waals surface area contributed by atoms with Gasteiger partial charge in [-0.15, -0.1) is 0 Å². The molecule has 10 heteroatoms. The SMILES string of the molecule is COc1cc(C(=O)N2[C@H]3CC[C@@H]2[C@H](N)C3)cc2nc(-c3cc4ccc5nc4n3CCCCCc3ccccc3C(=O)N[C@@H]5C)n(C)c12. The van der Waals surface area contributed by atoms with Crippen LogP contribution in [0.15, 0.2) is 54.6 Å². The van der Waals surface area contributed by atoms with Crippen LogP contribution < -0.4 is 15.8 Å². The number of nitrogens with two attached hydrogens (primary N) is 1. The number of amides is 2. The van der Waals surface area contributed by atoms with Crippen molar-refractivity contribution in [3.63, 3.8) is 0 Å². The average Bonchev–Trinajstić information content (AvgIpc) is 3.83. The van der Waals surface area contributed by atoms with Gasteiger partial charge in [-0.05, 0) is 87.4 Å². The van der Waals surface area contributed by atoms with Gasteiger partial charge < -0.3 is 29.8 Å². The van der Waals surface area contributed by atoms with Crippen molar-refractivity contribution in [1.82, 2.24) is 29.3 Å². The fraction of sp³-hybridized carbons (Fsp3) is 0.405. The highest BCUT2D eigenvalue weighted by atomic mass is 16.5. The van der Waals surface area contributed by atoms with Crippen LogP contribution in [0.25, 0.3) is 33.6 Å². The molecule has 10 nitrogen and oxygen atoms in total. The molecule has 3 aliphatic heterocycles. The number of hydrogen-bond donors (Lipinski definition) is 2. The number of benzene rings is 2. The first-order chi connectivity index (χ1) is 22.8. The van der Waals surface area contributed by atoms with Gasteiger partial charge in [-0.25, -0.2) is 9.97 Å². The predicted octanol–water partition coefficient (Wildman–Crippen LogP) is 5.52. The number of pyridine rings is 1. The predicted molar refractivity (Wildman–Crippen MR) is 181 cm³/mol. The zero-order valence-corrected chi connectivity index (χ0v) is 27.2. The topological polar surface area (TPSA) is 120 Å². The van der Waals surface area contributed by atoms with E-state index in [1.807, 2.05) is 55.3 Å². The largest absolute Gasteiger partial charge is 0.494 e. The van der Waals surface area contributed by atoms with Gasteiger partial charge in [0, 0.05) is 48.2 Å². The molecule has 0 spiro atoms. The zero-order valence-electron chi connectivity index (χ0n) is 27.2. The van der Waals surface area contributed by atoms with Crippen molar-refractivity contribution >= 4 is 33.9 Å². The molecule has 242 valence electrons. The smallest absolute Gasteiger partial charge is 0.254 e. The molecule has 6 heterocycles. The Bertz CT molecular complexity index is 2040. The minimum atomic E-state index is -0.272. The van der Waals surface area contributed by atoms with E-state index in [1.165, 1.54) is 0 Å². The van der Waals surface area contributed by atoms with Crippen LogP contribution in [0.3, 0.4) is 0 Å². The molecule has 47 heavy (non-hydrogen) atoms. The first-order valence-corrected chi connectivity index (χ1v) is 16.8. The molecular formula is C37H41N7O3. The van der Waals surface area contributed by atoms with Gasteiger partial charge >= 0.3 is 0 Å². The Kier molecular flexibility index (Phi) is 7.28. The van der Waals surface area contributed by atoms with Crippen LogP contribution in [0.2, 0.25) is 0 Å². The van der Waals surface area contributed by atoms with Crippen molar-refractivity contribution in [2.24, 2.45) is 12.8 Å². The number of rotatable bonds is 3. The van der Waals surface area contributed by atoms with Crippen LogP contribution in [0, 0.1) is 0 Å². The van der Waals surface area contributed by atoms with Crippen molar-refractivity contribution < 1.29 is 14.3 Å². The standard InChI is InChI=1S/C37H41N7O3/c1-21-28-14-12-23-18-31(43(34(23)40-28)16-8-4-5-9-22-10-6-7-11-26(22)36(45)39-21)35-41-29-17-24(19-32(47-3)33(29)42(35)2)37(46)44-25-13-15-30(44)27(38)20-25/h6-7,10-12,14,17-19,21,25,27,30H,4-5,8-9,13,15-16,20,38H2,1-3H3,(H,39,45)/t21-,25+,27-,30-/m1/s1. The minimum absolute atomic E-state index is 0.000638. The van der Waals surface area contributed by atoms with E-state index < -0.39 is 0 Å². The molecule has 3 aliphatic rings. The summed E-state index contributed by atoms with van der Waals surface area (Å²) in [6.07, 6.45) is 6.64. The molecule has 2 aromatic carbocycles. The number of hydrogen-bond acceptors (Lipinski definition) is 6. The molecule has 0 unspecified atom stereocenters. The molecule has 0 radical (unpaired) electrons. The van der Waals surface area contributed by atoms with E-state index in [2.05, 4.69) is 32.7 Å². The third-order valence-electron chi connectivity index (χ3n) is 10.6. The number of aromatic nitrogens is 4. The number of carbonyl (C=O) groups excluding carboxylic acids is 2. The number of nitrogens with zero attached hydrogens (tertiary/aromatic N) is 5. The Morgan fingerprint density at radius 2 is 1.89 bits per heavy atom. The molecule has 4 bridgehead atoms.